The lowest BCUT2D eigenvalue weighted by molar-refractivity contribution is -0.127. The number of H-pyrrole nitrogens is 1. The first-order valence-corrected chi connectivity index (χ1v) is 11.0. The molecule has 1 heterocycles. The van der Waals surface area contributed by atoms with Gasteiger partial charge in [-0.1, -0.05) is 42.5 Å². The maximum absolute atomic E-state index is 12.1. The van der Waals surface area contributed by atoms with E-state index in [4.69, 9.17) is 0 Å². The van der Waals surface area contributed by atoms with Gasteiger partial charge in [-0.2, -0.15) is 0 Å². The Labute approximate surface area is 206 Å². The maximum Gasteiger partial charge on any atom is 0.243 e. The molecule has 0 fully saturated rings. The van der Waals surface area contributed by atoms with Gasteiger partial charge in [0.05, 0.1) is 0 Å². The Morgan fingerprint density at radius 3 is 2.69 bits per heavy atom. The summed E-state index contributed by atoms with van der Waals surface area (Å²) in [5, 5.41) is 8.26. The van der Waals surface area contributed by atoms with Crippen molar-refractivity contribution < 1.29 is 4.79 Å². The number of para-hydroxylation sites is 1. The van der Waals surface area contributed by atoms with Crippen molar-refractivity contribution in [3.63, 3.8) is 0 Å². The summed E-state index contributed by atoms with van der Waals surface area (Å²) in [6.07, 6.45) is 6.04. The van der Waals surface area contributed by atoms with Gasteiger partial charge in [0.15, 0.2) is 5.96 Å². The highest BCUT2D eigenvalue weighted by Gasteiger charge is 2.19. The number of rotatable bonds is 6. The highest BCUT2D eigenvalue weighted by Crippen LogP contribution is 2.21. The predicted molar refractivity (Wildman–Crippen MR) is 142 cm³/mol. The molecule has 1 atom stereocenters. The largest absolute Gasteiger partial charge is 0.361 e. The average molecular weight is 545 g/mol. The van der Waals surface area contributed by atoms with Crippen molar-refractivity contribution in [1.29, 1.82) is 0 Å². The normalized spacial score (nSPS) is 15.6. The molecule has 32 heavy (non-hydrogen) atoms. The number of hydrogen-bond donors (Lipinski definition) is 3. The molecular weight excluding hydrogens is 513 g/mol. The molecule has 1 aliphatic rings. The minimum atomic E-state index is -0.00767. The molecule has 0 saturated heterocycles. The highest BCUT2D eigenvalue weighted by molar-refractivity contribution is 14.0. The molecule has 4 rings (SSSR count). The molecule has 0 aliphatic heterocycles. The second-order valence-corrected chi connectivity index (χ2v) is 8.34. The van der Waals surface area contributed by atoms with Crippen molar-refractivity contribution in [2.24, 2.45) is 4.99 Å². The fraction of sp³-hybridized carbons (Fsp3) is 0.360. The van der Waals surface area contributed by atoms with Crippen molar-refractivity contribution in [3.8, 4) is 0 Å². The predicted octanol–water partition coefficient (Wildman–Crippen LogP) is 3.51. The molecule has 3 N–H and O–H groups in total. The standard InChI is InChI=1S/C25H31N5O.HI/c1-30(2)24(31)17-28-25(29-21-12-11-18-7-3-4-8-19(18)15-21)26-14-13-20-16-27-23-10-6-5-9-22(20)23;/h3-10,16,21,27H,11-15,17H2,1-2H3,(H2,26,28,29);1H. The Morgan fingerprint density at radius 1 is 1.12 bits per heavy atom. The number of benzene rings is 2. The molecule has 7 heteroatoms. The van der Waals surface area contributed by atoms with Crippen LogP contribution < -0.4 is 10.6 Å². The van der Waals surface area contributed by atoms with E-state index in [-0.39, 0.29) is 36.4 Å². The minimum absolute atomic E-state index is 0. The van der Waals surface area contributed by atoms with Crippen LogP contribution in [0.2, 0.25) is 0 Å². The van der Waals surface area contributed by atoms with E-state index in [0.717, 1.165) is 37.7 Å². The Balaban J connectivity index is 0.00000289. The number of aromatic amines is 1. The summed E-state index contributed by atoms with van der Waals surface area (Å²) in [5.74, 6) is 0.700. The topological polar surface area (TPSA) is 72.5 Å². The molecule has 3 aromatic rings. The Bertz CT molecular complexity index is 1070. The number of amides is 1. The van der Waals surface area contributed by atoms with E-state index in [0.29, 0.717) is 12.0 Å². The van der Waals surface area contributed by atoms with Crippen LogP contribution in [0, 0.1) is 0 Å². The van der Waals surface area contributed by atoms with Crippen LogP contribution in [0.15, 0.2) is 59.7 Å². The lowest BCUT2D eigenvalue weighted by Gasteiger charge is -2.27. The van der Waals surface area contributed by atoms with Gasteiger partial charge < -0.3 is 20.5 Å². The third-order valence-electron chi connectivity index (χ3n) is 5.92. The first kappa shape index (κ1) is 24.1. The van der Waals surface area contributed by atoms with Crippen LogP contribution >= 0.6 is 24.0 Å². The molecule has 0 bridgehead atoms. The van der Waals surface area contributed by atoms with E-state index < -0.39 is 0 Å². The number of guanidine groups is 1. The maximum atomic E-state index is 12.1. The van der Waals surface area contributed by atoms with Crippen LogP contribution in [0.5, 0.6) is 0 Å². The van der Waals surface area contributed by atoms with Crippen molar-refractivity contribution in [2.75, 3.05) is 27.2 Å². The lowest BCUT2D eigenvalue weighted by Crippen LogP contribution is -2.46. The zero-order valence-corrected chi connectivity index (χ0v) is 21.1. The van der Waals surface area contributed by atoms with Gasteiger partial charge >= 0.3 is 0 Å². The summed E-state index contributed by atoms with van der Waals surface area (Å²) in [6, 6.07) is 17.3. The molecular formula is C25H32IN5O. The highest BCUT2D eigenvalue weighted by atomic mass is 127. The van der Waals surface area contributed by atoms with Gasteiger partial charge in [-0.25, -0.2) is 4.99 Å². The number of halogens is 1. The van der Waals surface area contributed by atoms with Crippen molar-refractivity contribution in [1.82, 2.24) is 20.5 Å². The number of carbonyl (C=O) groups is 1. The molecule has 0 radical (unpaired) electrons. The number of aliphatic imine (C=N–C) groups is 1. The van der Waals surface area contributed by atoms with Gasteiger partial charge in [0.25, 0.3) is 0 Å². The van der Waals surface area contributed by atoms with Crippen LogP contribution in [0.4, 0.5) is 0 Å². The third-order valence-corrected chi connectivity index (χ3v) is 5.92. The van der Waals surface area contributed by atoms with Gasteiger partial charge in [-0.3, -0.25) is 4.79 Å². The summed E-state index contributed by atoms with van der Waals surface area (Å²) in [6.45, 7) is 0.881. The zero-order chi connectivity index (χ0) is 21.6. The number of aryl methyl sites for hydroxylation is 1. The van der Waals surface area contributed by atoms with E-state index in [1.165, 1.54) is 22.1 Å². The quantitative estimate of drug-likeness (QED) is 0.252. The van der Waals surface area contributed by atoms with Gasteiger partial charge in [-0.05, 0) is 48.4 Å². The SMILES string of the molecule is CN(C)C(=O)CN=C(NCCc1c[nH]c2ccccc12)NC1CCc2ccccc2C1.I. The monoisotopic (exact) mass is 545 g/mol. The Morgan fingerprint density at radius 2 is 1.88 bits per heavy atom. The first-order valence-electron chi connectivity index (χ1n) is 11.0. The number of hydrogen-bond acceptors (Lipinski definition) is 2. The molecule has 0 spiro atoms. The summed E-state index contributed by atoms with van der Waals surface area (Å²) in [5.41, 5.74) is 5.27. The molecule has 1 aliphatic carbocycles. The van der Waals surface area contributed by atoms with Gasteiger partial charge in [0.2, 0.25) is 5.91 Å². The minimum Gasteiger partial charge on any atom is -0.361 e. The summed E-state index contributed by atoms with van der Waals surface area (Å²) >= 11 is 0. The van der Waals surface area contributed by atoms with Crippen molar-refractivity contribution >= 4 is 46.7 Å². The second-order valence-electron chi connectivity index (χ2n) is 8.34. The molecule has 170 valence electrons. The number of carbonyl (C=O) groups excluding carboxylic acids is 1. The lowest BCUT2D eigenvalue weighted by atomic mass is 9.88. The smallest absolute Gasteiger partial charge is 0.243 e. The number of likely N-dealkylation sites (N-methyl/N-ethyl adjacent to an activating group) is 1. The summed E-state index contributed by atoms with van der Waals surface area (Å²) in [7, 11) is 3.51. The number of fused-ring (bicyclic) bond motifs is 2. The molecule has 1 aromatic heterocycles. The number of nitrogens with zero attached hydrogens (tertiary/aromatic N) is 2. The fourth-order valence-corrected chi connectivity index (χ4v) is 4.11. The molecule has 1 unspecified atom stereocenters. The Hall–Kier alpha value is -2.55. The number of aromatic nitrogens is 1. The Kier molecular flexibility index (Phi) is 8.55. The number of nitrogens with one attached hydrogen (secondary N) is 3. The van der Waals surface area contributed by atoms with Crippen molar-refractivity contribution in [2.45, 2.75) is 31.7 Å². The van der Waals surface area contributed by atoms with E-state index in [1.807, 2.05) is 6.07 Å². The molecule has 2 aromatic carbocycles. The average Bonchev–Trinajstić information content (AvgIpc) is 3.20. The van der Waals surface area contributed by atoms with Crippen LogP contribution in [-0.4, -0.2) is 55.0 Å². The molecule has 6 nitrogen and oxygen atoms in total. The van der Waals surface area contributed by atoms with Gasteiger partial charge in [0.1, 0.15) is 6.54 Å². The zero-order valence-electron chi connectivity index (χ0n) is 18.7. The molecule has 0 saturated carbocycles. The van der Waals surface area contributed by atoms with Crippen LogP contribution in [0.3, 0.4) is 0 Å². The van der Waals surface area contributed by atoms with Crippen LogP contribution in [0.25, 0.3) is 10.9 Å². The van der Waals surface area contributed by atoms with E-state index >= 15 is 0 Å². The fourth-order valence-electron chi connectivity index (χ4n) is 4.11. The van der Waals surface area contributed by atoms with Crippen molar-refractivity contribution in [3.05, 3.63) is 71.4 Å². The van der Waals surface area contributed by atoms with Gasteiger partial charge in [0, 0.05) is 43.8 Å². The van der Waals surface area contributed by atoms with E-state index in [2.05, 4.69) is 69.3 Å². The third kappa shape index (κ3) is 6.03. The summed E-state index contributed by atoms with van der Waals surface area (Å²) < 4.78 is 0. The summed E-state index contributed by atoms with van der Waals surface area (Å²) in [4.78, 5) is 21.5. The van der Waals surface area contributed by atoms with E-state index in [9.17, 15) is 4.79 Å². The first-order chi connectivity index (χ1) is 15.1. The van der Waals surface area contributed by atoms with E-state index in [1.54, 1.807) is 19.0 Å². The van der Waals surface area contributed by atoms with Crippen LogP contribution in [-0.2, 0) is 24.1 Å². The van der Waals surface area contributed by atoms with Crippen LogP contribution in [0.1, 0.15) is 23.1 Å². The molecule has 1 amide bonds. The second kappa shape index (κ2) is 11.4. The van der Waals surface area contributed by atoms with Gasteiger partial charge in [-0.15, -0.1) is 24.0 Å².